The number of hydrogen-bond donors (Lipinski definition) is 3. The lowest BCUT2D eigenvalue weighted by Crippen LogP contribution is -2.41. The molecular weight excluding hydrogens is 494 g/mol. The lowest BCUT2D eigenvalue weighted by Gasteiger charge is -2.36. The first kappa shape index (κ1) is 26.9. The number of ether oxygens (including phenoxy) is 1. The summed E-state index contributed by atoms with van der Waals surface area (Å²) in [6.45, 7) is 6.18. The van der Waals surface area contributed by atoms with Gasteiger partial charge in [-0.1, -0.05) is 25.3 Å². The van der Waals surface area contributed by atoms with Crippen molar-refractivity contribution in [1.29, 1.82) is 0 Å². The molecule has 1 saturated carbocycles. The summed E-state index contributed by atoms with van der Waals surface area (Å²) >= 11 is 0. The third kappa shape index (κ3) is 5.85. The number of nitrogens with one attached hydrogen (secondary N) is 3. The Balaban J connectivity index is 1.42. The molecule has 0 bridgehead atoms. The Labute approximate surface area is 230 Å². The number of allylic oxidation sites excluding steroid dienone is 1. The average Bonchev–Trinajstić information content (AvgIpc) is 3.45. The van der Waals surface area contributed by atoms with Gasteiger partial charge in [0.1, 0.15) is 11.4 Å². The van der Waals surface area contributed by atoms with Crippen LogP contribution >= 0.6 is 0 Å². The van der Waals surface area contributed by atoms with Gasteiger partial charge in [-0.25, -0.2) is 4.98 Å². The molecule has 2 fully saturated rings. The van der Waals surface area contributed by atoms with E-state index >= 15 is 0 Å². The summed E-state index contributed by atoms with van der Waals surface area (Å²) in [6, 6.07) is 5.77. The largest absolute Gasteiger partial charge is 0.495 e. The van der Waals surface area contributed by atoms with Crippen LogP contribution < -0.4 is 30.5 Å². The van der Waals surface area contributed by atoms with Crippen LogP contribution in [0.2, 0.25) is 0 Å². The van der Waals surface area contributed by atoms with Gasteiger partial charge < -0.3 is 30.5 Å². The highest BCUT2D eigenvalue weighted by Crippen LogP contribution is 2.38. The van der Waals surface area contributed by atoms with Gasteiger partial charge >= 0.3 is 0 Å². The SMILES string of the molecule is C=CCC1CN(C2CCCCC2)c2nc(Nc3ccc(C(=O)N[C@H]4CCNC4)cc3OC)ncc2N(C)C1=O. The maximum Gasteiger partial charge on any atom is 0.251 e. The Morgan fingerprint density at radius 1 is 1.26 bits per heavy atom. The highest BCUT2D eigenvalue weighted by atomic mass is 16.5. The van der Waals surface area contributed by atoms with Crippen LogP contribution in [0.15, 0.2) is 37.1 Å². The van der Waals surface area contributed by atoms with Gasteiger partial charge in [0.15, 0.2) is 5.82 Å². The van der Waals surface area contributed by atoms with Crippen molar-refractivity contribution in [2.45, 2.75) is 57.0 Å². The van der Waals surface area contributed by atoms with Gasteiger partial charge in [-0.05, 0) is 50.4 Å². The number of amides is 2. The van der Waals surface area contributed by atoms with E-state index in [1.165, 1.54) is 19.3 Å². The van der Waals surface area contributed by atoms with Gasteiger partial charge in [-0.3, -0.25) is 9.59 Å². The van der Waals surface area contributed by atoms with E-state index < -0.39 is 0 Å². The number of benzene rings is 1. The van der Waals surface area contributed by atoms with Gasteiger partial charge in [0, 0.05) is 37.8 Å². The van der Waals surface area contributed by atoms with E-state index in [1.54, 1.807) is 37.4 Å². The molecule has 3 heterocycles. The fraction of sp³-hybridized carbons (Fsp3) is 0.517. The second kappa shape index (κ2) is 12.0. The molecule has 2 aromatic rings. The number of rotatable bonds is 8. The molecule has 0 radical (unpaired) electrons. The van der Waals surface area contributed by atoms with Crippen molar-refractivity contribution < 1.29 is 14.3 Å². The second-order valence-electron chi connectivity index (χ2n) is 10.7. The molecule has 208 valence electrons. The van der Waals surface area contributed by atoms with Gasteiger partial charge in [0.05, 0.1) is 24.9 Å². The van der Waals surface area contributed by atoms with Crippen molar-refractivity contribution >= 4 is 35.0 Å². The van der Waals surface area contributed by atoms with E-state index in [-0.39, 0.29) is 23.8 Å². The van der Waals surface area contributed by atoms with Gasteiger partial charge in [-0.15, -0.1) is 6.58 Å². The third-order valence-electron chi connectivity index (χ3n) is 8.05. The van der Waals surface area contributed by atoms with Crippen LogP contribution in [0.1, 0.15) is 55.3 Å². The van der Waals surface area contributed by atoms with E-state index in [1.807, 2.05) is 12.1 Å². The van der Waals surface area contributed by atoms with Crippen LogP contribution in [0.3, 0.4) is 0 Å². The zero-order valence-corrected chi connectivity index (χ0v) is 22.9. The fourth-order valence-corrected chi connectivity index (χ4v) is 5.86. The maximum atomic E-state index is 13.3. The average molecular weight is 534 g/mol. The Hall–Kier alpha value is -3.66. The first-order valence-corrected chi connectivity index (χ1v) is 14.0. The summed E-state index contributed by atoms with van der Waals surface area (Å²) in [5, 5.41) is 9.61. The highest BCUT2D eigenvalue weighted by Gasteiger charge is 2.36. The Morgan fingerprint density at radius 2 is 2.08 bits per heavy atom. The third-order valence-corrected chi connectivity index (χ3v) is 8.05. The molecule has 39 heavy (non-hydrogen) atoms. The number of carbonyl (C=O) groups is 2. The molecule has 10 heteroatoms. The Morgan fingerprint density at radius 3 is 2.79 bits per heavy atom. The van der Waals surface area contributed by atoms with Crippen molar-refractivity contribution in [3.05, 3.63) is 42.6 Å². The highest BCUT2D eigenvalue weighted by molar-refractivity contribution is 5.99. The van der Waals surface area contributed by atoms with Gasteiger partial charge in [0.2, 0.25) is 11.9 Å². The molecule has 1 aromatic carbocycles. The summed E-state index contributed by atoms with van der Waals surface area (Å²) in [7, 11) is 3.37. The molecule has 10 nitrogen and oxygen atoms in total. The smallest absolute Gasteiger partial charge is 0.251 e. The van der Waals surface area contributed by atoms with E-state index in [9.17, 15) is 9.59 Å². The summed E-state index contributed by atoms with van der Waals surface area (Å²) in [6.07, 6.45) is 10.8. The minimum Gasteiger partial charge on any atom is -0.495 e. The van der Waals surface area contributed by atoms with Crippen LogP contribution in [-0.4, -0.2) is 67.7 Å². The normalized spacial score (nSPS) is 21.7. The molecule has 0 spiro atoms. The van der Waals surface area contributed by atoms with Crippen molar-refractivity contribution in [2.24, 2.45) is 5.92 Å². The van der Waals surface area contributed by atoms with Gasteiger partial charge in [0.25, 0.3) is 5.91 Å². The number of anilines is 4. The van der Waals surface area contributed by atoms with E-state index in [0.29, 0.717) is 47.6 Å². The minimum atomic E-state index is -0.182. The van der Waals surface area contributed by atoms with Gasteiger partial charge in [-0.2, -0.15) is 4.98 Å². The molecular formula is C29H39N7O3. The van der Waals surface area contributed by atoms with E-state index in [2.05, 4.69) is 32.4 Å². The van der Waals surface area contributed by atoms with Crippen LogP contribution in [0.25, 0.3) is 0 Å². The summed E-state index contributed by atoms with van der Waals surface area (Å²) in [5.74, 6) is 1.45. The number of nitrogens with zero attached hydrogens (tertiary/aromatic N) is 4. The molecule has 2 amide bonds. The Bertz CT molecular complexity index is 1210. The quantitative estimate of drug-likeness (QED) is 0.441. The zero-order chi connectivity index (χ0) is 27.4. The number of fused-ring (bicyclic) bond motifs is 1. The molecule has 1 aromatic heterocycles. The molecule has 1 saturated heterocycles. The number of carbonyl (C=O) groups excluding carboxylic acids is 2. The first-order chi connectivity index (χ1) is 19.0. The second-order valence-corrected chi connectivity index (χ2v) is 10.7. The summed E-state index contributed by atoms with van der Waals surface area (Å²) in [5.41, 5.74) is 1.90. The van der Waals surface area contributed by atoms with Crippen LogP contribution in [0, 0.1) is 5.92 Å². The standard InChI is InChI=1S/C29H39N7O3/c1-4-8-20-18-36(22-9-6-5-7-10-22)26-24(35(2)28(20)38)17-31-29(34-26)33-23-12-11-19(15-25(23)39-3)27(37)32-21-13-14-30-16-21/h4,11-12,15,17,20-22,30H,1,5-10,13-14,16,18H2,2-3H3,(H,32,37)(H,31,33,34)/t20?,21-/m0/s1. The monoisotopic (exact) mass is 533 g/mol. The predicted molar refractivity (Wildman–Crippen MR) is 153 cm³/mol. The predicted octanol–water partition coefficient (Wildman–Crippen LogP) is 3.63. The molecule has 5 rings (SSSR count). The summed E-state index contributed by atoms with van der Waals surface area (Å²) < 4.78 is 5.62. The molecule has 3 aliphatic rings. The Kier molecular flexibility index (Phi) is 8.30. The van der Waals surface area contributed by atoms with Crippen LogP contribution in [-0.2, 0) is 4.79 Å². The lowest BCUT2D eigenvalue weighted by molar-refractivity contribution is -0.121. The topological polar surface area (TPSA) is 112 Å². The number of aromatic nitrogens is 2. The molecule has 2 aliphatic heterocycles. The van der Waals surface area contributed by atoms with E-state index in [0.717, 1.165) is 38.2 Å². The fourth-order valence-electron chi connectivity index (χ4n) is 5.86. The first-order valence-electron chi connectivity index (χ1n) is 14.0. The molecule has 2 atom stereocenters. The van der Waals surface area contributed by atoms with Crippen molar-refractivity contribution in [3.8, 4) is 5.75 Å². The van der Waals surface area contributed by atoms with Crippen molar-refractivity contribution in [3.63, 3.8) is 0 Å². The van der Waals surface area contributed by atoms with Crippen molar-refractivity contribution in [1.82, 2.24) is 20.6 Å². The zero-order valence-electron chi connectivity index (χ0n) is 22.9. The van der Waals surface area contributed by atoms with Crippen LogP contribution in [0.4, 0.5) is 23.1 Å². The maximum absolute atomic E-state index is 13.3. The summed E-state index contributed by atoms with van der Waals surface area (Å²) in [4.78, 5) is 39.6. The number of methoxy groups -OCH3 is 1. The minimum absolute atomic E-state index is 0.0580. The molecule has 3 N–H and O–H groups in total. The van der Waals surface area contributed by atoms with Crippen molar-refractivity contribution in [2.75, 3.05) is 48.9 Å². The number of hydrogen-bond acceptors (Lipinski definition) is 8. The molecule has 1 aliphatic carbocycles. The lowest BCUT2D eigenvalue weighted by atomic mass is 9.93. The van der Waals surface area contributed by atoms with Crippen LogP contribution in [0.5, 0.6) is 5.75 Å². The molecule has 1 unspecified atom stereocenters. The van der Waals surface area contributed by atoms with E-state index in [4.69, 9.17) is 9.72 Å².